The maximum Gasteiger partial charge on any atom is 0.251 e. The van der Waals surface area contributed by atoms with Crippen molar-refractivity contribution < 1.29 is 9.32 Å². The smallest absolute Gasteiger partial charge is 0.251 e. The van der Waals surface area contributed by atoms with Crippen LogP contribution >= 0.6 is 11.3 Å². The molecule has 1 atom stereocenters. The zero-order chi connectivity index (χ0) is 16.5. The first-order valence-electron chi connectivity index (χ1n) is 7.96. The minimum absolute atomic E-state index is 0.0412. The predicted octanol–water partition coefficient (Wildman–Crippen LogP) is 3.99. The van der Waals surface area contributed by atoms with E-state index in [1.54, 1.807) is 11.3 Å². The van der Waals surface area contributed by atoms with Gasteiger partial charge in [0.15, 0.2) is 5.76 Å². The van der Waals surface area contributed by atoms with E-state index in [0.717, 1.165) is 29.2 Å². The van der Waals surface area contributed by atoms with Crippen LogP contribution in [0.1, 0.15) is 39.9 Å². The third-order valence-electron chi connectivity index (χ3n) is 4.08. The van der Waals surface area contributed by atoms with E-state index in [1.165, 1.54) is 0 Å². The van der Waals surface area contributed by atoms with Crippen molar-refractivity contribution in [1.82, 2.24) is 15.5 Å². The molecule has 4 rings (SSSR count). The molecule has 0 radical (unpaired) electrons. The Kier molecular flexibility index (Phi) is 3.90. The van der Waals surface area contributed by atoms with E-state index in [4.69, 9.17) is 4.52 Å². The van der Waals surface area contributed by atoms with Crippen LogP contribution in [-0.4, -0.2) is 16.0 Å². The maximum atomic E-state index is 12.5. The molecule has 1 aromatic carbocycles. The molecule has 1 amide bonds. The summed E-state index contributed by atoms with van der Waals surface area (Å²) in [4.78, 5) is 17.2. The van der Waals surface area contributed by atoms with Crippen LogP contribution in [-0.2, 0) is 0 Å². The van der Waals surface area contributed by atoms with Crippen molar-refractivity contribution in [3.63, 3.8) is 0 Å². The first-order chi connectivity index (χ1) is 11.7. The molecule has 0 bridgehead atoms. The van der Waals surface area contributed by atoms with Crippen LogP contribution in [0.15, 0.2) is 46.3 Å². The largest absolute Gasteiger partial charge is 0.354 e. The highest BCUT2D eigenvalue weighted by molar-refractivity contribution is 7.10. The molecular weight excluding hydrogens is 322 g/mol. The number of aryl methyl sites for hydroxylation is 1. The number of thiazole rings is 1. The van der Waals surface area contributed by atoms with Gasteiger partial charge < -0.3 is 9.84 Å². The molecule has 2 heterocycles. The van der Waals surface area contributed by atoms with Crippen LogP contribution in [0, 0.1) is 12.8 Å². The van der Waals surface area contributed by atoms with Crippen molar-refractivity contribution in [3.8, 4) is 11.5 Å². The summed E-state index contributed by atoms with van der Waals surface area (Å²) >= 11 is 1.55. The molecule has 2 aromatic heterocycles. The molecule has 6 heteroatoms. The number of carbonyl (C=O) groups is 1. The quantitative estimate of drug-likeness (QED) is 0.763. The van der Waals surface area contributed by atoms with E-state index >= 15 is 0 Å². The third-order valence-corrected chi connectivity index (χ3v) is 5.01. The third kappa shape index (κ3) is 3.10. The average Bonchev–Trinajstić information content (AvgIpc) is 3.16. The van der Waals surface area contributed by atoms with Crippen LogP contribution in [0.4, 0.5) is 0 Å². The average molecular weight is 339 g/mol. The molecule has 0 unspecified atom stereocenters. The predicted molar refractivity (Wildman–Crippen MR) is 91.7 cm³/mol. The zero-order valence-corrected chi connectivity index (χ0v) is 14.0. The van der Waals surface area contributed by atoms with Gasteiger partial charge in [0.2, 0.25) is 0 Å². The van der Waals surface area contributed by atoms with Gasteiger partial charge in [-0.15, -0.1) is 11.3 Å². The Bertz CT molecular complexity index is 852. The van der Waals surface area contributed by atoms with Crippen molar-refractivity contribution in [2.24, 2.45) is 5.92 Å². The lowest BCUT2D eigenvalue weighted by Crippen LogP contribution is -2.29. The fraction of sp³-hybridized carbons (Fsp3) is 0.278. The number of nitrogens with zero attached hydrogens (tertiary/aromatic N) is 2. The molecule has 1 aliphatic carbocycles. The Morgan fingerprint density at radius 2 is 2.12 bits per heavy atom. The summed E-state index contributed by atoms with van der Waals surface area (Å²) in [5.74, 6) is 1.08. The Balaban J connectivity index is 1.56. The lowest BCUT2D eigenvalue weighted by atomic mass is 10.1. The second-order valence-corrected chi connectivity index (χ2v) is 6.95. The summed E-state index contributed by atoms with van der Waals surface area (Å²) < 4.78 is 5.28. The second kappa shape index (κ2) is 6.20. The molecular formula is C18H17N3O2S. The molecule has 1 aliphatic rings. The molecule has 5 nitrogen and oxygen atoms in total. The van der Waals surface area contributed by atoms with Gasteiger partial charge in [-0.25, -0.2) is 4.98 Å². The van der Waals surface area contributed by atoms with E-state index < -0.39 is 0 Å². The molecule has 0 aliphatic heterocycles. The summed E-state index contributed by atoms with van der Waals surface area (Å²) in [7, 11) is 0. The number of amides is 1. The fourth-order valence-electron chi connectivity index (χ4n) is 2.65. The fourth-order valence-corrected chi connectivity index (χ4v) is 3.60. The normalized spacial score (nSPS) is 15.2. The number of hydrogen-bond donors (Lipinski definition) is 1. The Morgan fingerprint density at radius 1 is 1.33 bits per heavy atom. The molecule has 3 aromatic rings. The molecule has 1 saturated carbocycles. The van der Waals surface area contributed by atoms with Crippen molar-refractivity contribution in [3.05, 3.63) is 58.0 Å². The van der Waals surface area contributed by atoms with Crippen molar-refractivity contribution in [2.45, 2.75) is 25.8 Å². The van der Waals surface area contributed by atoms with Crippen LogP contribution in [0.3, 0.4) is 0 Å². The monoisotopic (exact) mass is 339 g/mol. The van der Waals surface area contributed by atoms with Crippen LogP contribution in [0.25, 0.3) is 11.5 Å². The maximum absolute atomic E-state index is 12.5. The SMILES string of the molecule is Cc1cc(-c2csc([C@@H](NC(=O)c3ccccc3)C3CC3)n2)on1. The minimum Gasteiger partial charge on any atom is -0.354 e. The highest BCUT2D eigenvalue weighted by Gasteiger charge is 2.35. The summed E-state index contributed by atoms with van der Waals surface area (Å²) in [6.07, 6.45) is 2.24. The van der Waals surface area contributed by atoms with Crippen molar-refractivity contribution >= 4 is 17.2 Å². The van der Waals surface area contributed by atoms with Gasteiger partial charge in [0, 0.05) is 17.0 Å². The Labute approximate surface area is 143 Å². The molecule has 1 N–H and O–H groups in total. The topological polar surface area (TPSA) is 68.0 Å². The summed E-state index contributed by atoms with van der Waals surface area (Å²) in [6, 6.07) is 11.1. The van der Waals surface area contributed by atoms with Gasteiger partial charge in [0.05, 0.1) is 11.7 Å². The van der Waals surface area contributed by atoms with Gasteiger partial charge in [-0.1, -0.05) is 23.4 Å². The number of rotatable bonds is 5. The van der Waals surface area contributed by atoms with E-state index in [2.05, 4.69) is 15.5 Å². The number of benzene rings is 1. The lowest BCUT2D eigenvalue weighted by Gasteiger charge is -2.15. The minimum atomic E-state index is -0.0558. The van der Waals surface area contributed by atoms with E-state index in [9.17, 15) is 4.79 Å². The molecule has 122 valence electrons. The van der Waals surface area contributed by atoms with E-state index in [0.29, 0.717) is 17.2 Å². The first-order valence-corrected chi connectivity index (χ1v) is 8.84. The number of carbonyl (C=O) groups excluding carboxylic acids is 1. The molecule has 24 heavy (non-hydrogen) atoms. The van der Waals surface area contributed by atoms with Crippen molar-refractivity contribution in [2.75, 3.05) is 0 Å². The van der Waals surface area contributed by atoms with E-state index in [1.807, 2.05) is 48.7 Å². The number of aromatic nitrogens is 2. The number of hydrogen-bond acceptors (Lipinski definition) is 5. The summed E-state index contributed by atoms with van der Waals surface area (Å²) in [5.41, 5.74) is 2.27. The second-order valence-electron chi connectivity index (χ2n) is 6.06. The Morgan fingerprint density at radius 3 is 2.79 bits per heavy atom. The van der Waals surface area contributed by atoms with Crippen LogP contribution in [0.5, 0.6) is 0 Å². The van der Waals surface area contributed by atoms with Gasteiger partial charge in [0.25, 0.3) is 5.91 Å². The molecule has 0 spiro atoms. The van der Waals surface area contributed by atoms with Crippen LogP contribution < -0.4 is 5.32 Å². The standard InChI is InChI=1S/C18H17N3O2S/c1-11-9-15(23-21-11)14-10-24-18(19-14)16(12-7-8-12)20-17(22)13-5-3-2-4-6-13/h2-6,9-10,12,16H,7-8H2,1H3,(H,20,22)/t16-/m0/s1. The van der Waals surface area contributed by atoms with Gasteiger partial charge in [-0.2, -0.15) is 0 Å². The van der Waals surface area contributed by atoms with Gasteiger partial charge in [-0.3, -0.25) is 4.79 Å². The highest BCUT2D eigenvalue weighted by atomic mass is 32.1. The summed E-state index contributed by atoms with van der Waals surface area (Å²) in [6.45, 7) is 1.88. The van der Waals surface area contributed by atoms with Gasteiger partial charge in [0.1, 0.15) is 10.7 Å². The number of nitrogens with one attached hydrogen (secondary N) is 1. The van der Waals surface area contributed by atoms with Gasteiger partial charge >= 0.3 is 0 Å². The summed E-state index contributed by atoms with van der Waals surface area (Å²) in [5, 5.41) is 9.93. The first kappa shape index (κ1) is 15.1. The highest BCUT2D eigenvalue weighted by Crippen LogP contribution is 2.42. The Hall–Kier alpha value is -2.47. The zero-order valence-electron chi connectivity index (χ0n) is 13.2. The van der Waals surface area contributed by atoms with Crippen molar-refractivity contribution in [1.29, 1.82) is 0 Å². The molecule has 1 fully saturated rings. The van der Waals surface area contributed by atoms with Gasteiger partial charge in [-0.05, 0) is 37.8 Å². The van der Waals surface area contributed by atoms with E-state index in [-0.39, 0.29) is 11.9 Å². The molecule has 0 saturated heterocycles. The van der Waals surface area contributed by atoms with Crippen LogP contribution in [0.2, 0.25) is 0 Å². The lowest BCUT2D eigenvalue weighted by molar-refractivity contribution is 0.0931.